The number of esters is 1. The third kappa shape index (κ3) is 4.33. The summed E-state index contributed by atoms with van der Waals surface area (Å²) in [6.45, 7) is 0.636. The predicted octanol–water partition coefficient (Wildman–Crippen LogP) is 2.83. The number of aryl methyl sites for hydroxylation is 1. The van der Waals surface area contributed by atoms with Crippen LogP contribution in [0.15, 0.2) is 42.5 Å². The van der Waals surface area contributed by atoms with Crippen molar-refractivity contribution in [2.45, 2.75) is 12.8 Å². The van der Waals surface area contributed by atoms with Crippen LogP contribution in [0.3, 0.4) is 0 Å². The lowest BCUT2D eigenvalue weighted by molar-refractivity contribution is -0.142. The number of ether oxygens (including phenoxy) is 4. The molecule has 0 atom stereocenters. The Bertz CT molecular complexity index is 799. The van der Waals surface area contributed by atoms with Gasteiger partial charge in [-0.05, 0) is 36.2 Å². The van der Waals surface area contributed by atoms with Gasteiger partial charge in [-0.1, -0.05) is 18.2 Å². The van der Waals surface area contributed by atoms with Crippen molar-refractivity contribution < 1.29 is 28.5 Å². The number of ketones is 1. The number of benzene rings is 2. The standard InChI is InChI=1S/C20H20O6/c1-23-17-5-3-2-4-14(17)7-9-20(22)26-13-16(21)15-6-8-18-19(12-15)25-11-10-24-18/h2-6,8,12H,7,9-11,13H2,1H3. The topological polar surface area (TPSA) is 71.1 Å². The normalized spacial score (nSPS) is 12.3. The molecule has 1 heterocycles. The molecule has 6 nitrogen and oxygen atoms in total. The lowest BCUT2D eigenvalue weighted by Gasteiger charge is -2.18. The molecule has 0 aliphatic carbocycles. The van der Waals surface area contributed by atoms with E-state index < -0.39 is 5.97 Å². The van der Waals surface area contributed by atoms with Gasteiger partial charge in [0.2, 0.25) is 0 Å². The first-order valence-electron chi connectivity index (χ1n) is 8.38. The van der Waals surface area contributed by atoms with Gasteiger partial charge in [-0.25, -0.2) is 0 Å². The molecule has 136 valence electrons. The molecule has 0 saturated carbocycles. The molecule has 2 aromatic rings. The summed E-state index contributed by atoms with van der Waals surface area (Å²) in [6, 6.07) is 12.4. The highest BCUT2D eigenvalue weighted by molar-refractivity contribution is 5.98. The van der Waals surface area contributed by atoms with Gasteiger partial charge in [0, 0.05) is 12.0 Å². The van der Waals surface area contributed by atoms with E-state index in [0.29, 0.717) is 36.7 Å². The van der Waals surface area contributed by atoms with Crippen LogP contribution in [0.5, 0.6) is 17.2 Å². The van der Waals surface area contributed by atoms with Crippen LogP contribution in [0.25, 0.3) is 0 Å². The minimum absolute atomic E-state index is 0.175. The summed E-state index contributed by atoms with van der Waals surface area (Å²) < 4.78 is 21.2. The summed E-state index contributed by atoms with van der Waals surface area (Å²) in [5.41, 5.74) is 1.34. The number of carbonyl (C=O) groups is 2. The second-order valence-corrected chi connectivity index (χ2v) is 5.75. The molecule has 0 bridgehead atoms. The van der Waals surface area contributed by atoms with Gasteiger partial charge in [0.15, 0.2) is 23.9 Å². The number of rotatable bonds is 7. The SMILES string of the molecule is COc1ccccc1CCC(=O)OCC(=O)c1ccc2c(c1)OCCO2. The summed E-state index contributed by atoms with van der Waals surface area (Å²) in [4.78, 5) is 24.1. The van der Waals surface area contributed by atoms with E-state index in [0.717, 1.165) is 11.3 Å². The summed E-state index contributed by atoms with van der Waals surface area (Å²) in [7, 11) is 1.59. The molecule has 1 aliphatic heterocycles. The van der Waals surface area contributed by atoms with Gasteiger partial charge < -0.3 is 18.9 Å². The summed E-state index contributed by atoms with van der Waals surface area (Å²) in [5, 5.41) is 0. The smallest absolute Gasteiger partial charge is 0.306 e. The quantitative estimate of drug-likeness (QED) is 0.561. The Morgan fingerprint density at radius 2 is 1.81 bits per heavy atom. The number of carbonyl (C=O) groups excluding carboxylic acids is 2. The monoisotopic (exact) mass is 356 g/mol. The lowest BCUT2D eigenvalue weighted by Crippen LogP contribution is -2.17. The van der Waals surface area contributed by atoms with Gasteiger partial charge in [-0.2, -0.15) is 0 Å². The highest BCUT2D eigenvalue weighted by Crippen LogP contribution is 2.30. The molecule has 0 N–H and O–H groups in total. The fraction of sp³-hybridized carbons (Fsp3) is 0.300. The van der Waals surface area contributed by atoms with Crippen LogP contribution in [0.4, 0.5) is 0 Å². The molecule has 2 aromatic carbocycles. The van der Waals surface area contributed by atoms with Crippen molar-refractivity contribution in [3.63, 3.8) is 0 Å². The highest BCUT2D eigenvalue weighted by atomic mass is 16.6. The van der Waals surface area contributed by atoms with E-state index in [2.05, 4.69) is 0 Å². The Balaban J connectivity index is 1.50. The van der Waals surface area contributed by atoms with Crippen molar-refractivity contribution in [1.29, 1.82) is 0 Å². The predicted molar refractivity (Wildman–Crippen MR) is 94.0 cm³/mol. The number of para-hydroxylation sites is 1. The van der Waals surface area contributed by atoms with Gasteiger partial charge in [0.05, 0.1) is 7.11 Å². The third-order valence-electron chi connectivity index (χ3n) is 4.02. The van der Waals surface area contributed by atoms with Gasteiger partial charge in [0.25, 0.3) is 0 Å². The summed E-state index contributed by atoms with van der Waals surface area (Å²) in [5.74, 6) is 1.16. The van der Waals surface area contributed by atoms with E-state index in [9.17, 15) is 9.59 Å². The molecule has 0 spiro atoms. The maximum Gasteiger partial charge on any atom is 0.306 e. The first-order chi connectivity index (χ1) is 12.7. The van der Waals surface area contributed by atoms with Crippen molar-refractivity contribution in [1.82, 2.24) is 0 Å². The second-order valence-electron chi connectivity index (χ2n) is 5.75. The third-order valence-corrected chi connectivity index (χ3v) is 4.02. The number of fused-ring (bicyclic) bond motifs is 1. The maximum atomic E-state index is 12.2. The number of hydrogen-bond donors (Lipinski definition) is 0. The van der Waals surface area contributed by atoms with Crippen molar-refractivity contribution >= 4 is 11.8 Å². The van der Waals surface area contributed by atoms with E-state index in [-0.39, 0.29) is 18.8 Å². The molecule has 0 saturated heterocycles. The minimum Gasteiger partial charge on any atom is -0.496 e. The zero-order valence-corrected chi connectivity index (χ0v) is 14.5. The van der Waals surface area contributed by atoms with Crippen LogP contribution in [0.1, 0.15) is 22.3 Å². The van der Waals surface area contributed by atoms with Crippen molar-refractivity contribution in [3.8, 4) is 17.2 Å². The molecule has 26 heavy (non-hydrogen) atoms. The summed E-state index contributed by atoms with van der Waals surface area (Å²) >= 11 is 0. The van der Waals surface area contributed by atoms with Gasteiger partial charge in [0.1, 0.15) is 19.0 Å². The minimum atomic E-state index is -0.429. The van der Waals surface area contributed by atoms with Crippen LogP contribution < -0.4 is 14.2 Å². The molecule has 0 radical (unpaired) electrons. The first kappa shape index (κ1) is 17.8. The van der Waals surface area contributed by atoms with E-state index >= 15 is 0 Å². The second kappa shape index (κ2) is 8.38. The van der Waals surface area contributed by atoms with E-state index in [1.807, 2.05) is 24.3 Å². The number of methoxy groups -OCH3 is 1. The fourth-order valence-corrected chi connectivity index (χ4v) is 2.66. The van der Waals surface area contributed by atoms with Crippen LogP contribution in [-0.4, -0.2) is 38.7 Å². The van der Waals surface area contributed by atoms with Crippen LogP contribution in [0, 0.1) is 0 Å². The van der Waals surface area contributed by atoms with Gasteiger partial charge in [-0.15, -0.1) is 0 Å². The van der Waals surface area contributed by atoms with Gasteiger partial charge in [-0.3, -0.25) is 9.59 Å². The highest BCUT2D eigenvalue weighted by Gasteiger charge is 2.16. The van der Waals surface area contributed by atoms with Crippen LogP contribution >= 0.6 is 0 Å². The van der Waals surface area contributed by atoms with Crippen molar-refractivity contribution in [2.24, 2.45) is 0 Å². The lowest BCUT2D eigenvalue weighted by atomic mass is 10.1. The number of hydrogen-bond acceptors (Lipinski definition) is 6. The Morgan fingerprint density at radius 1 is 1.04 bits per heavy atom. The number of Topliss-reactive ketones (excluding diaryl/α,β-unsaturated/α-hetero) is 1. The Hall–Kier alpha value is -3.02. The van der Waals surface area contributed by atoms with E-state index in [1.165, 1.54) is 0 Å². The molecule has 0 unspecified atom stereocenters. The molecular formula is C20H20O6. The average Bonchev–Trinajstić information content (AvgIpc) is 2.70. The molecular weight excluding hydrogens is 336 g/mol. The molecule has 1 aliphatic rings. The maximum absolute atomic E-state index is 12.2. The largest absolute Gasteiger partial charge is 0.496 e. The molecule has 0 fully saturated rings. The van der Waals surface area contributed by atoms with Crippen LogP contribution in [0.2, 0.25) is 0 Å². The molecule has 0 aromatic heterocycles. The zero-order valence-electron chi connectivity index (χ0n) is 14.5. The fourth-order valence-electron chi connectivity index (χ4n) is 2.66. The van der Waals surface area contributed by atoms with E-state index in [1.54, 1.807) is 25.3 Å². The van der Waals surface area contributed by atoms with Gasteiger partial charge >= 0.3 is 5.97 Å². The van der Waals surface area contributed by atoms with E-state index in [4.69, 9.17) is 18.9 Å². The van der Waals surface area contributed by atoms with Crippen LogP contribution in [-0.2, 0) is 16.0 Å². The Kier molecular flexibility index (Phi) is 5.73. The van der Waals surface area contributed by atoms with Crippen molar-refractivity contribution in [2.75, 3.05) is 26.9 Å². The average molecular weight is 356 g/mol. The van der Waals surface area contributed by atoms with Crippen molar-refractivity contribution in [3.05, 3.63) is 53.6 Å². The Morgan fingerprint density at radius 3 is 2.62 bits per heavy atom. The zero-order chi connectivity index (χ0) is 18.4. The first-order valence-corrected chi connectivity index (χ1v) is 8.38. The molecule has 6 heteroatoms. The molecule has 3 rings (SSSR count). The molecule has 0 amide bonds. The Labute approximate surface area is 151 Å². The summed E-state index contributed by atoms with van der Waals surface area (Å²) in [6.07, 6.45) is 0.663.